The van der Waals surface area contributed by atoms with Gasteiger partial charge in [-0.3, -0.25) is 4.79 Å². The van der Waals surface area contributed by atoms with Crippen LogP contribution in [0.2, 0.25) is 0 Å². The zero-order chi connectivity index (χ0) is 18.8. The van der Waals surface area contributed by atoms with Crippen molar-refractivity contribution in [3.63, 3.8) is 0 Å². The first kappa shape index (κ1) is 17.7. The number of carboxylic acids is 1. The molecular formula is C20H17NO4S. The third-order valence-electron chi connectivity index (χ3n) is 4.01. The summed E-state index contributed by atoms with van der Waals surface area (Å²) in [4.78, 5) is 24.3. The molecule has 3 N–H and O–H groups in total. The van der Waals surface area contributed by atoms with Gasteiger partial charge in [-0.05, 0) is 25.5 Å². The maximum Gasteiger partial charge on any atom is 0.342 e. The molecule has 2 aromatic carbocycles. The third-order valence-corrected chi connectivity index (χ3v) is 5.10. The van der Waals surface area contributed by atoms with Crippen molar-refractivity contribution in [3.8, 4) is 5.75 Å². The second-order valence-corrected chi connectivity index (χ2v) is 6.94. The van der Waals surface area contributed by atoms with E-state index in [0.717, 1.165) is 22.5 Å². The summed E-state index contributed by atoms with van der Waals surface area (Å²) < 4.78 is 0. The largest absolute Gasteiger partial charge is 0.505 e. The molecule has 0 amide bonds. The molecule has 1 heterocycles. The number of nitrogens with one attached hydrogen (secondary N) is 1. The molecule has 0 aliphatic carbocycles. The highest BCUT2D eigenvalue weighted by Gasteiger charge is 2.27. The molecular weight excluding hydrogens is 350 g/mol. The highest BCUT2D eigenvalue weighted by atomic mass is 32.1. The van der Waals surface area contributed by atoms with Crippen LogP contribution in [0.25, 0.3) is 0 Å². The summed E-state index contributed by atoms with van der Waals surface area (Å²) in [6.07, 6.45) is 0. The third kappa shape index (κ3) is 3.32. The number of hydrogen-bond acceptors (Lipinski definition) is 5. The van der Waals surface area contributed by atoms with E-state index in [9.17, 15) is 19.8 Å². The minimum atomic E-state index is -1.29. The number of anilines is 2. The van der Waals surface area contributed by atoms with Crippen molar-refractivity contribution in [1.82, 2.24) is 0 Å². The van der Waals surface area contributed by atoms with Gasteiger partial charge in [0.25, 0.3) is 0 Å². The number of aromatic hydroxyl groups is 1. The van der Waals surface area contributed by atoms with E-state index in [0.29, 0.717) is 11.3 Å². The summed E-state index contributed by atoms with van der Waals surface area (Å²) in [5.41, 5.74) is 2.74. The Hall–Kier alpha value is -3.12. The van der Waals surface area contributed by atoms with Gasteiger partial charge in [0.15, 0.2) is 5.75 Å². The standard InChI is InChI=1S/C20H17NO4S/c1-11-7-9-13(10-8-11)16(22)18-17(23)15(20(24)25)19(26-18)21-14-6-4-3-5-12(14)2/h3-10,21,23H,1-2H3,(H,24,25). The van der Waals surface area contributed by atoms with Crippen LogP contribution in [0.15, 0.2) is 48.5 Å². The number of ketones is 1. The van der Waals surface area contributed by atoms with Crippen molar-refractivity contribution in [2.45, 2.75) is 13.8 Å². The van der Waals surface area contributed by atoms with Gasteiger partial charge in [-0.15, -0.1) is 11.3 Å². The molecule has 0 saturated carbocycles. The highest BCUT2D eigenvalue weighted by molar-refractivity contribution is 7.19. The zero-order valence-electron chi connectivity index (χ0n) is 14.2. The van der Waals surface area contributed by atoms with Crippen molar-refractivity contribution >= 4 is 33.8 Å². The Kier molecular flexibility index (Phi) is 4.77. The summed E-state index contributed by atoms with van der Waals surface area (Å²) in [7, 11) is 0. The Morgan fingerprint density at radius 1 is 1.00 bits per heavy atom. The zero-order valence-corrected chi connectivity index (χ0v) is 15.1. The molecule has 26 heavy (non-hydrogen) atoms. The number of carbonyl (C=O) groups is 2. The smallest absolute Gasteiger partial charge is 0.342 e. The molecule has 0 saturated heterocycles. The number of aromatic carboxylic acids is 1. The van der Waals surface area contributed by atoms with Gasteiger partial charge in [-0.1, -0.05) is 48.0 Å². The fourth-order valence-corrected chi connectivity index (χ4v) is 3.59. The van der Waals surface area contributed by atoms with Gasteiger partial charge in [0, 0.05) is 11.3 Å². The maximum atomic E-state index is 12.7. The Morgan fingerprint density at radius 3 is 2.27 bits per heavy atom. The number of rotatable bonds is 5. The number of benzene rings is 2. The molecule has 3 aromatic rings. The van der Waals surface area contributed by atoms with Crippen LogP contribution >= 0.6 is 11.3 Å². The first-order valence-corrected chi connectivity index (χ1v) is 8.73. The van der Waals surface area contributed by atoms with E-state index >= 15 is 0 Å². The van der Waals surface area contributed by atoms with E-state index in [2.05, 4.69) is 5.32 Å². The molecule has 0 bridgehead atoms. The van der Waals surface area contributed by atoms with E-state index in [1.165, 1.54) is 0 Å². The first-order chi connectivity index (χ1) is 12.4. The van der Waals surface area contributed by atoms with Crippen LogP contribution in [-0.4, -0.2) is 22.0 Å². The molecule has 3 rings (SSSR count). The number of carboxylic acid groups (broad SMARTS) is 1. The average molecular weight is 367 g/mol. The summed E-state index contributed by atoms with van der Waals surface area (Å²) in [5, 5.41) is 23.1. The van der Waals surface area contributed by atoms with E-state index in [4.69, 9.17) is 0 Å². The van der Waals surface area contributed by atoms with Crippen LogP contribution in [0, 0.1) is 13.8 Å². The van der Waals surface area contributed by atoms with Crippen molar-refractivity contribution in [2.24, 2.45) is 0 Å². The van der Waals surface area contributed by atoms with Gasteiger partial charge in [-0.25, -0.2) is 4.79 Å². The van der Waals surface area contributed by atoms with E-state index < -0.39 is 17.5 Å². The van der Waals surface area contributed by atoms with Crippen molar-refractivity contribution in [1.29, 1.82) is 0 Å². The predicted octanol–water partition coefficient (Wildman–Crippen LogP) is 4.74. The molecule has 0 spiro atoms. The molecule has 6 heteroatoms. The summed E-state index contributed by atoms with van der Waals surface area (Å²) in [6, 6.07) is 14.3. The quantitative estimate of drug-likeness (QED) is 0.567. The number of thiophene rings is 1. The topological polar surface area (TPSA) is 86.6 Å². The number of aryl methyl sites for hydroxylation is 2. The SMILES string of the molecule is Cc1ccc(C(=O)c2sc(Nc3ccccc3C)c(C(=O)O)c2O)cc1. The lowest BCUT2D eigenvalue weighted by molar-refractivity contribution is 0.0695. The summed E-state index contributed by atoms with van der Waals surface area (Å²) in [5.74, 6) is -2.21. The Balaban J connectivity index is 2.05. The lowest BCUT2D eigenvalue weighted by Gasteiger charge is -2.08. The molecule has 1 aromatic heterocycles. The fraction of sp³-hybridized carbons (Fsp3) is 0.100. The second-order valence-electron chi connectivity index (χ2n) is 5.92. The monoisotopic (exact) mass is 367 g/mol. The number of hydrogen-bond donors (Lipinski definition) is 3. The molecule has 0 radical (unpaired) electrons. The summed E-state index contributed by atoms with van der Waals surface area (Å²) >= 11 is 0.934. The van der Waals surface area contributed by atoms with E-state index in [-0.39, 0.29) is 15.4 Å². The van der Waals surface area contributed by atoms with E-state index in [1.807, 2.05) is 32.0 Å². The second kappa shape index (κ2) is 7.01. The van der Waals surface area contributed by atoms with Crippen LogP contribution in [0.3, 0.4) is 0 Å². The van der Waals surface area contributed by atoms with Crippen molar-refractivity contribution in [2.75, 3.05) is 5.32 Å². The Morgan fingerprint density at radius 2 is 1.65 bits per heavy atom. The number of carbonyl (C=O) groups excluding carboxylic acids is 1. The van der Waals surface area contributed by atoms with Gasteiger partial charge in [0.05, 0.1) is 0 Å². The highest BCUT2D eigenvalue weighted by Crippen LogP contribution is 2.41. The minimum absolute atomic E-state index is 0.00216. The molecule has 0 fully saturated rings. The molecule has 5 nitrogen and oxygen atoms in total. The molecule has 132 valence electrons. The molecule has 0 aliphatic heterocycles. The molecule has 0 aliphatic rings. The Bertz CT molecular complexity index is 990. The van der Waals surface area contributed by atoms with Gasteiger partial charge < -0.3 is 15.5 Å². The van der Waals surface area contributed by atoms with Crippen LogP contribution < -0.4 is 5.32 Å². The van der Waals surface area contributed by atoms with Crippen LogP contribution in [-0.2, 0) is 0 Å². The summed E-state index contributed by atoms with van der Waals surface area (Å²) in [6.45, 7) is 3.79. The van der Waals surface area contributed by atoms with Gasteiger partial charge in [0.2, 0.25) is 5.78 Å². The van der Waals surface area contributed by atoms with Gasteiger partial charge in [0.1, 0.15) is 15.4 Å². The van der Waals surface area contributed by atoms with Gasteiger partial charge >= 0.3 is 5.97 Å². The van der Waals surface area contributed by atoms with Crippen LogP contribution in [0.5, 0.6) is 5.75 Å². The normalized spacial score (nSPS) is 10.5. The van der Waals surface area contributed by atoms with Gasteiger partial charge in [-0.2, -0.15) is 0 Å². The molecule has 0 atom stereocenters. The molecule has 0 unspecified atom stereocenters. The lowest BCUT2D eigenvalue weighted by atomic mass is 10.1. The Labute approximate surface area is 154 Å². The lowest BCUT2D eigenvalue weighted by Crippen LogP contribution is -2.01. The maximum absolute atomic E-state index is 12.7. The fourth-order valence-electron chi connectivity index (χ4n) is 2.53. The van der Waals surface area contributed by atoms with Crippen molar-refractivity contribution in [3.05, 3.63) is 75.7 Å². The van der Waals surface area contributed by atoms with E-state index in [1.54, 1.807) is 30.3 Å². The van der Waals surface area contributed by atoms with Crippen LogP contribution in [0.1, 0.15) is 36.7 Å². The first-order valence-electron chi connectivity index (χ1n) is 7.91. The average Bonchev–Trinajstić information content (AvgIpc) is 2.93. The van der Waals surface area contributed by atoms with Crippen LogP contribution in [0.4, 0.5) is 10.7 Å². The minimum Gasteiger partial charge on any atom is -0.505 e. The predicted molar refractivity (Wildman–Crippen MR) is 102 cm³/mol. The number of para-hydroxylation sites is 1. The van der Waals surface area contributed by atoms with Crippen molar-refractivity contribution < 1.29 is 19.8 Å².